The highest BCUT2D eigenvalue weighted by molar-refractivity contribution is 8.00. The van der Waals surface area contributed by atoms with Gasteiger partial charge in [0.2, 0.25) is 0 Å². The zero-order valence-electron chi connectivity index (χ0n) is 30.4. The van der Waals surface area contributed by atoms with E-state index in [0.29, 0.717) is 0 Å². The van der Waals surface area contributed by atoms with Crippen molar-refractivity contribution in [2.75, 3.05) is 88.2 Å². The first kappa shape index (κ1) is 45.4. The molecule has 4 rings (SSSR count). The number of nitrogens with zero attached hydrogens (tertiary/aromatic N) is 4. The second-order valence-corrected chi connectivity index (χ2v) is 13.4. The van der Waals surface area contributed by atoms with E-state index in [2.05, 4.69) is 32.6 Å². The number of thioether (sulfide) groups is 2. The van der Waals surface area contributed by atoms with Crippen molar-refractivity contribution in [2.45, 2.75) is 23.3 Å². The quantitative estimate of drug-likeness (QED) is 0.0792. The molecule has 318 valence electrons. The minimum atomic E-state index is -1.02. The number of hydrogen-bond donors (Lipinski definition) is 2. The molecule has 0 radical (unpaired) electrons. The van der Waals surface area contributed by atoms with Gasteiger partial charge in [0, 0.05) is 11.5 Å². The van der Waals surface area contributed by atoms with Crippen LogP contribution in [0.4, 0.5) is 39.6 Å². The molecule has 2 N–H and O–H groups in total. The molecule has 58 heavy (non-hydrogen) atoms. The molecule has 0 aromatic carbocycles. The van der Waals surface area contributed by atoms with E-state index in [1.165, 1.54) is 35.7 Å². The molecule has 0 saturated carbocycles. The number of amides is 2. The van der Waals surface area contributed by atoms with Crippen LogP contribution in [-0.2, 0) is 47.4 Å². The molecule has 2 fully saturated rings. The highest BCUT2D eigenvalue weighted by Gasteiger charge is 2.31. The Bertz CT molecular complexity index is 1740. The van der Waals surface area contributed by atoms with Crippen LogP contribution in [0.1, 0.15) is 12.5 Å². The van der Waals surface area contributed by atoms with Gasteiger partial charge in [-0.1, -0.05) is 25.3 Å². The third-order valence-corrected chi connectivity index (χ3v) is 9.14. The van der Waals surface area contributed by atoms with Crippen molar-refractivity contribution in [3.8, 4) is 0 Å². The van der Waals surface area contributed by atoms with Gasteiger partial charge in [-0.25, -0.2) is 37.5 Å². The topological polar surface area (TPSA) is 254 Å². The lowest BCUT2D eigenvalue weighted by atomic mass is 10.5. The van der Waals surface area contributed by atoms with Crippen LogP contribution in [0.5, 0.6) is 0 Å². The number of nitrogens with one attached hydrogen (secondary N) is 2. The number of ether oxygens (including phenoxy) is 10. The molecule has 4 heterocycles. The molecule has 4 atom stereocenters. The average molecular weight is 865 g/mol. The normalized spacial score (nSPS) is 18.4. The van der Waals surface area contributed by atoms with E-state index >= 15 is 0 Å². The van der Waals surface area contributed by atoms with E-state index in [4.69, 9.17) is 37.9 Å². The van der Waals surface area contributed by atoms with Crippen LogP contribution in [0, 0.1) is 11.6 Å². The molecule has 2 aromatic heterocycles. The van der Waals surface area contributed by atoms with Crippen molar-refractivity contribution in [2.24, 2.45) is 0 Å². The molecule has 2 aromatic rings. The first-order valence-corrected chi connectivity index (χ1v) is 19.0. The van der Waals surface area contributed by atoms with Gasteiger partial charge in [-0.2, -0.15) is 9.97 Å². The van der Waals surface area contributed by atoms with Gasteiger partial charge < -0.3 is 47.4 Å². The Morgan fingerprint density at radius 2 is 1.09 bits per heavy atom. The number of halogens is 2. The van der Waals surface area contributed by atoms with Crippen molar-refractivity contribution < 1.29 is 75.3 Å². The summed E-state index contributed by atoms with van der Waals surface area (Å²) in [6, 6.07) is 0. The van der Waals surface area contributed by atoms with Gasteiger partial charge >= 0.3 is 35.9 Å². The minimum absolute atomic E-state index is 0.0217. The molecule has 2 amide bonds. The highest BCUT2D eigenvalue weighted by atomic mass is 32.2. The van der Waals surface area contributed by atoms with Gasteiger partial charge in [0.25, 0.3) is 0 Å². The second-order valence-electron chi connectivity index (χ2n) is 11.0. The maximum atomic E-state index is 14.4. The molecule has 0 bridgehead atoms. The van der Waals surface area contributed by atoms with E-state index in [9.17, 15) is 37.5 Å². The zero-order valence-corrected chi connectivity index (χ0v) is 32.0. The number of hydrogen-bond acceptors (Lipinski definition) is 20. The first-order valence-electron chi connectivity index (χ1n) is 16.9. The van der Waals surface area contributed by atoms with Crippen molar-refractivity contribution in [1.29, 1.82) is 0 Å². The van der Waals surface area contributed by atoms with Crippen LogP contribution in [0.2, 0.25) is 0 Å². The van der Waals surface area contributed by atoms with Crippen LogP contribution < -0.4 is 22.0 Å². The predicted octanol–water partition coefficient (Wildman–Crippen LogP) is 2.76. The van der Waals surface area contributed by atoms with Gasteiger partial charge in [-0.15, -0.1) is 23.5 Å². The largest absolute Gasteiger partial charge is 0.508 e. The van der Waals surface area contributed by atoms with E-state index in [1.54, 1.807) is 0 Å². The molecule has 2 saturated heterocycles. The number of anilines is 2. The molecule has 0 spiro atoms. The third-order valence-electron chi connectivity index (χ3n) is 6.95. The van der Waals surface area contributed by atoms with Crippen molar-refractivity contribution in [3.05, 3.63) is 70.3 Å². The molecule has 2 aliphatic heterocycles. The molecule has 0 aliphatic carbocycles. The third kappa shape index (κ3) is 14.9. The molecule has 0 unspecified atom stereocenters. The fourth-order valence-corrected chi connectivity index (χ4v) is 6.39. The number of rotatable bonds is 21. The Morgan fingerprint density at radius 3 is 1.48 bits per heavy atom. The predicted molar refractivity (Wildman–Crippen MR) is 196 cm³/mol. The van der Waals surface area contributed by atoms with Gasteiger partial charge in [0.1, 0.15) is 63.0 Å². The lowest BCUT2D eigenvalue weighted by Crippen LogP contribution is -2.31. The Hall–Kier alpha value is -5.28. The summed E-state index contributed by atoms with van der Waals surface area (Å²) in [5.41, 5.74) is -3.16. The van der Waals surface area contributed by atoms with Gasteiger partial charge in [0.05, 0.1) is 38.8 Å². The van der Waals surface area contributed by atoms with Crippen LogP contribution >= 0.6 is 23.5 Å². The molecular formula is C32H38F2N6O16S2. The van der Waals surface area contributed by atoms with Crippen molar-refractivity contribution >= 4 is 59.7 Å². The summed E-state index contributed by atoms with van der Waals surface area (Å²) in [4.78, 5) is 78.9. The summed E-state index contributed by atoms with van der Waals surface area (Å²) in [7, 11) is 0. The SMILES string of the molecule is C=CCOC(=O)Nc1nc(=O)n([C@@H]2CS[C@H](COC(=O)OCCOCCOCCOC(=O)OC[C@@H]3O[C@H](n4cc(F)c(NC(=O)OCC=C)nc4=O)CS3)O2)cc1F. The summed E-state index contributed by atoms with van der Waals surface area (Å²) >= 11 is 2.41. The number of aromatic nitrogens is 4. The van der Waals surface area contributed by atoms with Gasteiger partial charge in [-0.05, 0) is 0 Å². The van der Waals surface area contributed by atoms with Crippen molar-refractivity contribution in [1.82, 2.24) is 19.1 Å². The van der Waals surface area contributed by atoms with E-state index in [-0.39, 0.29) is 77.6 Å². The number of carbonyl (C=O) groups excluding carboxylic acids is 4. The zero-order chi connectivity index (χ0) is 41.9. The average Bonchev–Trinajstić information content (AvgIpc) is 3.88. The fraction of sp³-hybridized carbons (Fsp3) is 0.500. The van der Waals surface area contributed by atoms with Gasteiger partial charge in [0.15, 0.2) is 23.3 Å². The lowest BCUT2D eigenvalue weighted by Gasteiger charge is -2.15. The molecule has 22 nitrogen and oxygen atoms in total. The number of carbonyl (C=O) groups is 4. The molecule has 2 aliphatic rings. The summed E-state index contributed by atoms with van der Waals surface area (Å²) in [5, 5.41) is 4.05. The van der Waals surface area contributed by atoms with Crippen molar-refractivity contribution in [3.63, 3.8) is 0 Å². The van der Waals surface area contributed by atoms with Crippen LogP contribution in [0.3, 0.4) is 0 Å². The van der Waals surface area contributed by atoms with E-state index < -0.39 is 82.5 Å². The lowest BCUT2D eigenvalue weighted by molar-refractivity contribution is -0.0335. The Labute approximate surface area is 335 Å². The fourth-order valence-electron chi connectivity index (χ4n) is 4.41. The maximum absolute atomic E-state index is 14.4. The summed E-state index contributed by atoms with van der Waals surface area (Å²) in [6.45, 7) is 6.08. The van der Waals surface area contributed by atoms with E-state index in [1.807, 2.05) is 10.6 Å². The first-order chi connectivity index (χ1) is 28.0. The molecule has 26 heteroatoms. The van der Waals surface area contributed by atoms with Crippen LogP contribution in [0.15, 0.2) is 47.3 Å². The van der Waals surface area contributed by atoms with Gasteiger partial charge in [-0.3, -0.25) is 19.8 Å². The Kier molecular flexibility index (Phi) is 18.7. The summed E-state index contributed by atoms with van der Waals surface area (Å²) in [5.74, 6) is -2.80. The van der Waals surface area contributed by atoms with Crippen LogP contribution in [0.25, 0.3) is 0 Å². The maximum Gasteiger partial charge on any atom is 0.508 e. The Balaban J connectivity index is 0.985. The van der Waals surface area contributed by atoms with E-state index in [0.717, 1.165) is 21.5 Å². The minimum Gasteiger partial charge on any atom is -0.445 e. The molecular weight excluding hydrogens is 827 g/mol. The smallest absolute Gasteiger partial charge is 0.445 e. The second kappa shape index (κ2) is 23.8. The van der Waals surface area contributed by atoms with Crippen LogP contribution in [-0.4, -0.2) is 132 Å². The monoisotopic (exact) mass is 864 g/mol. The standard InChI is InChI=1S/C32H38F2N6O16S2/c1-3-5-49-29(43)37-25-19(33)13-39(27(41)35-25)21-17-57-23(55-21)15-53-31(45)51-11-9-47-7-8-48-10-12-52-32(46)54-16-24-56-22(18-58-24)40-14-20(34)26(36-28(40)42)38-30(44)50-6-4-2/h3-4,13-14,21-24H,1-2,5-12,15-18H2,(H,35,37,41,43)(H,36,38,42,44)/t21-,22-,23+,24+/m0/s1. The summed E-state index contributed by atoms with van der Waals surface area (Å²) < 4.78 is 81.8. The Morgan fingerprint density at radius 1 is 0.690 bits per heavy atom. The highest BCUT2D eigenvalue weighted by Crippen LogP contribution is 2.32. The summed E-state index contributed by atoms with van der Waals surface area (Å²) in [6.07, 6.45) is -1.58.